The minimum absolute atomic E-state index is 0.127. The molecule has 2 heteroatoms. The van der Waals surface area contributed by atoms with Gasteiger partial charge in [0.15, 0.2) is 0 Å². The smallest absolute Gasteiger partial charge is 0.217 e. The third-order valence-electron chi connectivity index (χ3n) is 5.03. The Morgan fingerprint density at radius 2 is 2.00 bits per heavy atom. The molecule has 0 aromatic rings. The average Bonchev–Trinajstić information content (AvgIpc) is 2.31. The van der Waals surface area contributed by atoms with Gasteiger partial charge in [0, 0.05) is 13.0 Å². The molecule has 0 spiro atoms. The summed E-state index contributed by atoms with van der Waals surface area (Å²) in [6.07, 6.45) is 3.79. The largest absolute Gasteiger partial charge is 0.353 e. The van der Waals surface area contributed by atoms with E-state index in [4.69, 9.17) is 0 Å². The van der Waals surface area contributed by atoms with Crippen molar-refractivity contribution in [2.75, 3.05) is 0 Å². The molecule has 0 aromatic carbocycles. The third kappa shape index (κ3) is 1.12. The maximum absolute atomic E-state index is 11.1. The number of fused-ring (bicyclic) bond motifs is 2. The molecule has 1 N–H and O–H groups in total. The van der Waals surface area contributed by atoms with Crippen molar-refractivity contribution in [3.05, 3.63) is 0 Å². The summed E-state index contributed by atoms with van der Waals surface area (Å²) >= 11 is 0. The van der Waals surface area contributed by atoms with Gasteiger partial charge in [-0.3, -0.25) is 4.79 Å². The van der Waals surface area contributed by atoms with E-state index in [0.29, 0.717) is 22.8 Å². The molecule has 0 radical (unpaired) electrons. The molecule has 0 aliphatic heterocycles. The Bertz CT molecular complexity index is 269. The van der Waals surface area contributed by atoms with E-state index in [0.717, 1.165) is 0 Å². The molecule has 1 amide bonds. The second-order valence-electron chi connectivity index (χ2n) is 5.94. The second-order valence-corrected chi connectivity index (χ2v) is 5.94. The molecule has 2 bridgehead atoms. The second kappa shape index (κ2) is 2.74. The van der Waals surface area contributed by atoms with E-state index in [2.05, 4.69) is 26.1 Å². The van der Waals surface area contributed by atoms with Gasteiger partial charge in [-0.2, -0.15) is 0 Å². The van der Waals surface area contributed by atoms with Crippen molar-refractivity contribution < 1.29 is 4.79 Å². The summed E-state index contributed by atoms with van der Waals surface area (Å²) in [5.41, 5.74) is 0.852. The van der Waals surface area contributed by atoms with Crippen LogP contribution >= 0.6 is 0 Å². The van der Waals surface area contributed by atoms with Crippen LogP contribution in [0, 0.1) is 16.7 Å². The van der Waals surface area contributed by atoms with Crippen LogP contribution in [0.3, 0.4) is 0 Å². The summed E-state index contributed by atoms with van der Waals surface area (Å²) < 4.78 is 0. The van der Waals surface area contributed by atoms with Gasteiger partial charge in [0.1, 0.15) is 0 Å². The molecule has 14 heavy (non-hydrogen) atoms. The van der Waals surface area contributed by atoms with Crippen LogP contribution in [0.25, 0.3) is 0 Å². The molecule has 0 saturated heterocycles. The molecule has 2 nitrogen and oxygen atoms in total. The molecule has 2 rings (SSSR count). The molecule has 0 heterocycles. The van der Waals surface area contributed by atoms with E-state index in [1.54, 1.807) is 6.92 Å². The summed E-state index contributed by atoms with van der Waals surface area (Å²) in [4.78, 5) is 11.1. The number of carbonyl (C=O) groups excluding carboxylic acids is 1. The Labute approximate surface area is 86.5 Å². The molecule has 2 saturated carbocycles. The Hall–Kier alpha value is -0.530. The fraction of sp³-hybridized carbons (Fsp3) is 0.917. The monoisotopic (exact) mass is 195 g/mol. The van der Waals surface area contributed by atoms with Gasteiger partial charge in [0.25, 0.3) is 0 Å². The zero-order valence-corrected chi connectivity index (χ0v) is 9.68. The van der Waals surface area contributed by atoms with Gasteiger partial charge in [-0.1, -0.05) is 20.8 Å². The van der Waals surface area contributed by atoms with Gasteiger partial charge < -0.3 is 5.32 Å². The van der Waals surface area contributed by atoms with Gasteiger partial charge in [0.05, 0.1) is 0 Å². The molecule has 80 valence electrons. The first kappa shape index (κ1) is 10.0. The molecular weight excluding hydrogens is 174 g/mol. The first-order valence-corrected chi connectivity index (χ1v) is 5.64. The predicted molar refractivity (Wildman–Crippen MR) is 56.8 cm³/mol. The quantitative estimate of drug-likeness (QED) is 0.683. The Balaban J connectivity index is 2.19. The fourth-order valence-corrected chi connectivity index (χ4v) is 3.71. The van der Waals surface area contributed by atoms with Crippen molar-refractivity contribution in [1.29, 1.82) is 0 Å². The lowest BCUT2D eigenvalue weighted by atomic mass is 9.71. The van der Waals surface area contributed by atoms with Gasteiger partial charge in [-0.15, -0.1) is 0 Å². The van der Waals surface area contributed by atoms with Crippen LogP contribution in [0.2, 0.25) is 0 Å². The lowest BCUT2D eigenvalue weighted by Crippen LogP contribution is -2.38. The summed E-state index contributed by atoms with van der Waals surface area (Å²) in [6, 6.07) is 0.432. The van der Waals surface area contributed by atoms with Crippen LogP contribution in [0.15, 0.2) is 0 Å². The normalized spacial score (nSPS) is 44.0. The zero-order chi connectivity index (χ0) is 10.6. The molecule has 2 aliphatic rings. The molecule has 0 aromatic heterocycles. The van der Waals surface area contributed by atoms with Gasteiger partial charge in [-0.05, 0) is 36.0 Å². The number of hydrogen-bond acceptors (Lipinski definition) is 1. The number of amides is 1. The van der Waals surface area contributed by atoms with Crippen LogP contribution in [0.1, 0.15) is 47.0 Å². The van der Waals surface area contributed by atoms with Gasteiger partial charge in [-0.25, -0.2) is 0 Å². The first-order valence-electron chi connectivity index (χ1n) is 5.64. The lowest BCUT2D eigenvalue weighted by molar-refractivity contribution is -0.120. The topological polar surface area (TPSA) is 29.1 Å². The fourth-order valence-electron chi connectivity index (χ4n) is 3.71. The standard InChI is InChI=1S/C12H21NO/c1-8(14)13-10-7-12(4)6-5-9(10)11(12,2)3/h9-10H,5-7H2,1-4H3,(H,13,14). The maximum atomic E-state index is 11.1. The lowest BCUT2D eigenvalue weighted by Gasteiger charge is -2.33. The highest BCUT2D eigenvalue weighted by molar-refractivity contribution is 5.73. The van der Waals surface area contributed by atoms with Crippen molar-refractivity contribution in [3.63, 3.8) is 0 Å². The summed E-state index contributed by atoms with van der Waals surface area (Å²) in [5.74, 6) is 0.818. The highest BCUT2D eigenvalue weighted by Gasteiger charge is 2.60. The highest BCUT2D eigenvalue weighted by atomic mass is 16.1. The number of rotatable bonds is 1. The SMILES string of the molecule is CC(=O)NC1CC2(C)CCC1C2(C)C. The highest BCUT2D eigenvalue weighted by Crippen LogP contribution is 2.65. The van der Waals surface area contributed by atoms with Gasteiger partial charge in [0.2, 0.25) is 5.91 Å². The summed E-state index contributed by atoms with van der Waals surface area (Å²) in [5, 5.41) is 3.12. The Morgan fingerprint density at radius 1 is 1.36 bits per heavy atom. The molecular formula is C12H21NO. The van der Waals surface area contributed by atoms with E-state index in [-0.39, 0.29) is 5.91 Å². The molecule has 2 fully saturated rings. The summed E-state index contributed by atoms with van der Waals surface area (Å²) in [7, 11) is 0. The maximum Gasteiger partial charge on any atom is 0.217 e. The Kier molecular flexibility index (Phi) is 1.96. The molecule has 2 aliphatic carbocycles. The van der Waals surface area contributed by atoms with Crippen LogP contribution < -0.4 is 5.32 Å². The van der Waals surface area contributed by atoms with E-state index < -0.39 is 0 Å². The number of nitrogens with one attached hydrogen (secondary N) is 1. The van der Waals surface area contributed by atoms with Crippen molar-refractivity contribution in [2.45, 2.75) is 53.0 Å². The van der Waals surface area contributed by atoms with Crippen molar-refractivity contribution >= 4 is 5.91 Å². The number of carbonyl (C=O) groups is 1. The summed E-state index contributed by atoms with van der Waals surface area (Å²) in [6.45, 7) is 8.75. The average molecular weight is 195 g/mol. The van der Waals surface area contributed by atoms with E-state index >= 15 is 0 Å². The third-order valence-corrected chi connectivity index (χ3v) is 5.03. The Morgan fingerprint density at radius 3 is 2.36 bits per heavy atom. The van der Waals surface area contributed by atoms with Crippen molar-refractivity contribution in [2.24, 2.45) is 16.7 Å². The predicted octanol–water partition coefficient (Wildman–Crippen LogP) is 2.34. The minimum atomic E-state index is 0.127. The minimum Gasteiger partial charge on any atom is -0.353 e. The molecule has 3 unspecified atom stereocenters. The van der Waals surface area contributed by atoms with E-state index in [1.807, 2.05) is 0 Å². The van der Waals surface area contributed by atoms with Crippen molar-refractivity contribution in [1.82, 2.24) is 5.32 Å². The van der Waals surface area contributed by atoms with Crippen molar-refractivity contribution in [3.8, 4) is 0 Å². The van der Waals surface area contributed by atoms with Crippen LogP contribution in [0.5, 0.6) is 0 Å². The first-order chi connectivity index (χ1) is 6.37. The van der Waals surface area contributed by atoms with E-state index in [9.17, 15) is 4.79 Å². The molecule has 3 atom stereocenters. The zero-order valence-electron chi connectivity index (χ0n) is 9.68. The van der Waals surface area contributed by atoms with E-state index in [1.165, 1.54) is 19.3 Å². The van der Waals surface area contributed by atoms with Crippen LogP contribution in [-0.2, 0) is 4.79 Å². The van der Waals surface area contributed by atoms with Gasteiger partial charge >= 0.3 is 0 Å². The van der Waals surface area contributed by atoms with Crippen LogP contribution in [0.4, 0.5) is 0 Å². The number of hydrogen-bond donors (Lipinski definition) is 1. The van der Waals surface area contributed by atoms with Crippen LogP contribution in [-0.4, -0.2) is 11.9 Å².